The molecule has 2 unspecified atom stereocenters. The van der Waals surface area contributed by atoms with Crippen molar-refractivity contribution in [2.24, 2.45) is 11.7 Å². The van der Waals surface area contributed by atoms with E-state index in [1.807, 2.05) is 45.0 Å². The first-order valence-electron chi connectivity index (χ1n) is 15.5. The minimum absolute atomic E-state index is 0.0191. The number of aryl methyl sites for hydroxylation is 2. The number of amides is 1. The summed E-state index contributed by atoms with van der Waals surface area (Å²) in [5, 5.41) is 6.73. The van der Waals surface area contributed by atoms with E-state index in [1.54, 1.807) is 0 Å². The monoisotopic (exact) mass is 581 g/mol. The molecule has 0 fully saturated rings. The fraction of sp³-hybridized carbons (Fsp3) is 0.441. The molecule has 0 saturated heterocycles. The molecule has 9 nitrogen and oxygen atoms in total. The summed E-state index contributed by atoms with van der Waals surface area (Å²) in [5.41, 5.74) is 10.8. The Bertz CT molecular complexity index is 1690. The molecule has 9 heteroatoms. The van der Waals surface area contributed by atoms with Crippen molar-refractivity contribution in [1.82, 2.24) is 15.3 Å². The molecule has 43 heavy (non-hydrogen) atoms. The first kappa shape index (κ1) is 27.7. The number of benzene rings is 2. The van der Waals surface area contributed by atoms with E-state index >= 15 is 0 Å². The van der Waals surface area contributed by atoms with Gasteiger partial charge in [-0.15, -0.1) is 0 Å². The molecule has 1 spiro atoms. The van der Waals surface area contributed by atoms with Gasteiger partial charge < -0.3 is 29.9 Å². The number of rotatable bonds is 7. The predicted octanol–water partition coefficient (Wildman–Crippen LogP) is 5.94. The van der Waals surface area contributed by atoms with Gasteiger partial charge in [0.1, 0.15) is 23.0 Å². The normalized spacial score (nSPS) is 23.6. The second-order valence-corrected chi connectivity index (χ2v) is 12.4. The number of unbranched alkanes of at least 4 members (excludes halogenated alkanes) is 3. The van der Waals surface area contributed by atoms with Crippen LogP contribution in [0.15, 0.2) is 51.3 Å². The van der Waals surface area contributed by atoms with Crippen molar-refractivity contribution in [2.75, 3.05) is 5.32 Å². The fourth-order valence-electron chi connectivity index (χ4n) is 6.83. The Balaban J connectivity index is 1.48. The molecule has 4 atom stereocenters. The van der Waals surface area contributed by atoms with Crippen LogP contribution in [-0.2, 0) is 23.1 Å². The van der Waals surface area contributed by atoms with Gasteiger partial charge in [0, 0.05) is 17.7 Å². The zero-order valence-corrected chi connectivity index (χ0v) is 25.2. The number of para-hydroxylation sites is 1. The molecule has 224 valence electrons. The van der Waals surface area contributed by atoms with Gasteiger partial charge in [-0.3, -0.25) is 4.79 Å². The Kier molecular flexibility index (Phi) is 6.80. The van der Waals surface area contributed by atoms with E-state index in [9.17, 15) is 4.79 Å². The van der Waals surface area contributed by atoms with Crippen LogP contribution < -0.4 is 21.1 Å². The van der Waals surface area contributed by atoms with Crippen LogP contribution in [0.25, 0.3) is 11.6 Å². The Morgan fingerprint density at radius 3 is 2.70 bits per heavy atom. The third-order valence-corrected chi connectivity index (χ3v) is 9.12. The van der Waals surface area contributed by atoms with Crippen LogP contribution in [0.5, 0.6) is 5.75 Å². The van der Waals surface area contributed by atoms with Crippen LogP contribution in [0.4, 0.5) is 5.69 Å². The van der Waals surface area contributed by atoms with E-state index < -0.39 is 23.7 Å². The molecule has 4 bridgehead atoms. The second-order valence-electron chi connectivity index (χ2n) is 12.4. The van der Waals surface area contributed by atoms with Crippen molar-refractivity contribution in [1.29, 1.82) is 0 Å². The minimum atomic E-state index is -0.874. The highest BCUT2D eigenvalue weighted by Crippen LogP contribution is 2.59. The number of nitrogens with one attached hydrogen (secondary N) is 2. The molecule has 3 aliphatic rings. The molecule has 7 rings (SSSR count). The Morgan fingerprint density at radius 1 is 1.05 bits per heavy atom. The van der Waals surface area contributed by atoms with Gasteiger partial charge in [-0.2, -0.15) is 0 Å². The van der Waals surface area contributed by atoms with E-state index in [-0.39, 0.29) is 11.8 Å². The number of hydrogen-bond acceptors (Lipinski definition) is 8. The third-order valence-electron chi connectivity index (χ3n) is 9.12. The molecular weight excluding hydrogens is 542 g/mol. The lowest BCUT2D eigenvalue weighted by atomic mass is 9.72. The molecule has 2 aromatic carbocycles. The summed E-state index contributed by atoms with van der Waals surface area (Å²) < 4.78 is 20.0. The highest BCUT2D eigenvalue weighted by molar-refractivity contribution is 5.82. The summed E-state index contributed by atoms with van der Waals surface area (Å²) in [4.78, 5) is 23.3. The highest BCUT2D eigenvalue weighted by Gasteiger charge is 2.61. The molecule has 0 saturated carbocycles. The van der Waals surface area contributed by atoms with Crippen molar-refractivity contribution in [3.8, 4) is 17.3 Å². The zero-order valence-electron chi connectivity index (χ0n) is 25.2. The van der Waals surface area contributed by atoms with Gasteiger partial charge in [0.2, 0.25) is 17.7 Å². The van der Waals surface area contributed by atoms with Crippen molar-refractivity contribution < 1.29 is 18.4 Å². The van der Waals surface area contributed by atoms with Crippen molar-refractivity contribution >= 4 is 11.6 Å². The van der Waals surface area contributed by atoms with Gasteiger partial charge in [0.05, 0.1) is 11.7 Å². The van der Waals surface area contributed by atoms with Crippen LogP contribution in [0, 0.1) is 12.8 Å². The van der Waals surface area contributed by atoms with Gasteiger partial charge in [-0.05, 0) is 48.9 Å². The minimum Gasteiger partial charge on any atom is -0.469 e. The van der Waals surface area contributed by atoms with E-state index in [4.69, 9.17) is 29.3 Å². The van der Waals surface area contributed by atoms with Crippen molar-refractivity contribution in [2.45, 2.75) is 89.9 Å². The van der Waals surface area contributed by atoms with Gasteiger partial charge in [0.25, 0.3) is 0 Å². The maximum absolute atomic E-state index is 13.3. The van der Waals surface area contributed by atoms with Crippen LogP contribution in [0.3, 0.4) is 0 Å². The SMILES string of the molecule is CCCCCCc1oc(-c2nc3oc2C24c5ccccc5NC2Oc2ccc(cc24)C[C@H](N)C(=O)N[C@H]3C(C)C)nc1C. The average Bonchev–Trinajstić information content (AvgIpc) is 3.73. The number of carbonyl (C=O) groups is 1. The number of anilines is 1. The van der Waals surface area contributed by atoms with Gasteiger partial charge in [-0.25, -0.2) is 9.97 Å². The first-order chi connectivity index (χ1) is 20.8. The standard InChI is InChI=1S/C34H39N5O4/c1-5-6-7-8-13-25-19(4)36-32(41-25)28-29-34-21-11-9-10-12-24(21)37-33(34)42-26-15-14-20(16-22(26)34)17-23(35)30(40)38-27(18(2)3)31(39-28)43-29/h9-12,14-16,18,23,27,33,37H,5-8,13,17,35H2,1-4H3,(H,38,40)/t23-,27-,33?,34?/m0/s1. The summed E-state index contributed by atoms with van der Waals surface area (Å²) in [6.45, 7) is 8.25. The molecule has 0 radical (unpaired) electrons. The summed E-state index contributed by atoms with van der Waals surface area (Å²) in [6, 6.07) is 13.0. The van der Waals surface area contributed by atoms with Crippen LogP contribution in [0.1, 0.15) is 92.3 Å². The van der Waals surface area contributed by atoms with Crippen molar-refractivity contribution in [3.05, 3.63) is 82.3 Å². The number of carbonyl (C=O) groups excluding carboxylic acids is 1. The molecule has 2 aromatic heterocycles. The van der Waals surface area contributed by atoms with Crippen LogP contribution in [0.2, 0.25) is 0 Å². The van der Waals surface area contributed by atoms with Gasteiger partial charge >= 0.3 is 0 Å². The molecule has 0 aliphatic carbocycles. The lowest BCUT2D eigenvalue weighted by Gasteiger charge is -2.28. The Hall–Kier alpha value is -4.11. The lowest BCUT2D eigenvalue weighted by molar-refractivity contribution is -0.123. The largest absolute Gasteiger partial charge is 0.469 e. The molecule has 5 heterocycles. The second kappa shape index (κ2) is 10.6. The van der Waals surface area contributed by atoms with Crippen LogP contribution >= 0.6 is 0 Å². The van der Waals surface area contributed by atoms with Crippen molar-refractivity contribution in [3.63, 3.8) is 0 Å². The van der Waals surface area contributed by atoms with E-state index in [2.05, 4.69) is 35.8 Å². The molecule has 4 N–H and O–H groups in total. The lowest BCUT2D eigenvalue weighted by Crippen LogP contribution is -2.45. The fourth-order valence-corrected chi connectivity index (χ4v) is 6.83. The summed E-state index contributed by atoms with van der Waals surface area (Å²) in [5.74, 6) is 2.73. The summed E-state index contributed by atoms with van der Waals surface area (Å²) in [6.07, 6.45) is 5.27. The smallest absolute Gasteiger partial charge is 0.249 e. The maximum atomic E-state index is 13.3. The molecule has 3 aliphatic heterocycles. The number of aromatic nitrogens is 2. The number of nitrogens with zero attached hydrogens (tertiary/aromatic N) is 2. The Morgan fingerprint density at radius 2 is 1.88 bits per heavy atom. The Labute approximate surface area is 251 Å². The van der Waals surface area contributed by atoms with E-state index in [0.717, 1.165) is 58.8 Å². The molecule has 4 aromatic rings. The number of hydrogen-bond donors (Lipinski definition) is 3. The number of oxazole rings is 2. The molecular formula is C34H39N5O4. The number of nitrogens with two attached hydrogens (primary N) is 1. The van der Waals surface area contributed by atoms with Crippen LogP contribution in [-0.4, -0.2) is 28.1 Å². The predicted molar refractivity (Wildman–Crippen MR) is 163 cm³/mol. The van der Waals surface area contributed by atoms with Gasteiger partial charge in [-0.1, -0.05) is 70.4 Å². The van der Waals surface area contributed by atoms with Gasteiger partial charge in [0.15, 0.2) is 17.7 Å². The topological polar surface area (TPSA) is 128 Å². The quantitative estimate of drug-likeness (QED) is 0.229. The molecule has 1 amide bonds. The highest BCUT2D eigenvalue weighted by atomic mass is 16.5. The van der Waals surface area contributed by atoms with E-state index in [0.29, 0.717) is 29.7 Å². The van der Waals surface area contributed by atoms with E-state index in [1.165, 1.54) is 12.8 Å². The first-order valence-corrected chi connectivity index (χ1v) is 15.5. The zero-order chi connectivity index (χ0) is 29.9. The summed E-state index contributed by atoms with van der Waals surface area (Å²) >= 11 is 0. The maximum Gasteiger partial charge on any atom is 0.249 e. The number of fused-ring (bicyclic) bond motifs is 4. The summed E-state index contributed by atoms with van der Waals surface area (Å²) in [7, 11) is 0. The number of ether oxygens (including phenoxy) is 1. The third kappa shape index (κ3) is 4.35. The average molecular weight is 582 g/mol.